The molecular formula is C14H19N5. The fraction of sp³-hybridized carbons (Fsp3) is 0.571. The van der Waals surface area contributed by atoms with Gasteiger partial charge in [-0.15, -0.1) is 0 Å². The summed E-state index contributed by atoms with van der Waals surface area (Å²) in [5, 5.41) is 3.41. The van der Waals surface area contributed by atoms with Crippen molar-refractivity contribution in [2.45, 2.75) is 25.8 Å². The fourth-order valence-corrected chi connectivity index (χ4v) is 2.22. The molecule has 0 unspecified atom stereocenters. The smallest absolute Gasteiger partial charge is 0.223 e. The second kappa shape index (κ2) is 5.06. The van der Waals surface area contributed by atoms with Crippen molar-refractivity contribution in [2.24, 2.45) is 5.92 Å². The van der Waals surface area contributed by atoms with E-state index in [1.807, 2.05) is 6.07 Å². The van der Waals surface area contributed by atoms with Crippen molar-refractivity contribution in [3.05, 3.63) is 11.8 Å². The van der Waals surface area contributed by atoms with Crippen molar-refractivity contribution >= 4 is 11.8 Å². The topological polar surface area (TPSA) is 67.1 Å². The predicted molar refractivity (Wildman–Crippen MR) is 75.7 cm³/mol. The standard InChI is InChI=1S/C14H19N5/c1-10-9-19(7-6-16-10)13-8-12(17-14(15)18-13)5-4-11-2-3-11/h8,10-11,16H,2-3,6-7,9H2,1H3,(H2,15,17,18)/t10-/m0/s1. The molecule has 0 radical (unpaired) electrons. The molecule has 2 aliphatic rings. The van der Waals surface area contributed by atoms with Gasteiger partial charge in [0.2, 0.25) is 5.95 Å². The SMILES string of the molecule is C[C@H]1CN(c2cc(C#CC3CC3)nc(N)n2)CCN1. The third-order valence-electron chi connectivity index (χ3n) is 3.40. The molecule has 5 nitrogen and oxygen atoms in total. The van der Waals surface area contributed by atoms with Gasteiger partial charge >= 0.3 is 0 Å². The van der Waals surface area contributed by atoms with Gasteiger partial charge in [0.1, 0.15) is 11.5 Å². The van der Waals surface area contributed by atoms with Gasteiger partial charge in [0.15, 0.2) is 0 Å². The minimum atomic E-state index is 0.309. The lowest BCUT2D eigenvalue weighted by atomic mass is 10.2. The van der Waals surface area contributed by atoms with Gasteiger partial charge in [-0.2, -0.15) is 4.98 Å². The van der Waals surface area contributed by atoms with Gasteiger partial charge in [0.05, 0.1) is 0 Å². The zero-order valence-electron chi connectivity index (χ0n) is 11.2. The summed E-state index contributed by atoms with van der Waals surface area (Å²) in [5.41, 5.74) is 6.53. The highest BCUT2D eigenvalue weighted by Crippen LogP contribution is 2.27. The molecule has 1 saturated heterocycles. The van der Waals surface area contributed by atoms with Crippen LogP contribution < -0.4 is 16.0 Å². The van der Waals surface area contributed by atoms with Gasteiger partial charge in [0, 0.05) is 37.7 Å². The molecule has 0 bridgehead atoms. The predicted octanol–water partition coefficient (Wildman–Crippen LogP) is 0.618. The lowest BCUT2D eigenvalue weighted by Crippen LogP contribution is -2.49. The van der Waals surface area contributed by atoms with Gasteiger partial charge in [-0.1, -0.05) is 5.92 Å². The summed E-state index contributed by atoms with van der Waals surface area (Å²) < 4.78 is 0. The van der Waals surface area contributed by atoms with E-state index in [1.54, 1.807) is 0 Å². The molecule has 2 heterocycles. The van der Waals surface area contributed by atoms with Gasteiger partial charge in [-0.05, 0) is 25.7 Å². The molecule has 3 rings (SSSR count). The van der Waals surface area contributed by atoms with Crippen LogP contribution in [0, 0.1) is 17.8 Å². The van der Waals surface area contributed by atoms with Crippen LogP contribution in [0.15, 0.2) is 6.07 Å². The third-order valence-corrected chi connectivity index (χ3v) is 3.40. The third kappa shape index (κ3) is 3.15. The normalized spacial score (nSPS) is 22.8. The number of anilines is 2. The highest BCUT2D eigenvalue weighted by atomic mass is 15.3. The van der Waals surface area contributed by atoms with Crippen LogP contribution in [0.5, 0.6) is 0 Å². The summed E-state index contributed by atoms with van der Waals surface area (Å²) in [4.78, 5) is 10.8. The van der Waals surface area contributed by atoms with Gasteiger partial charge in [-0.3, -0.25) is 0 Å². The van der Waals surface area contributed by atoms with E-state index in [0.717, 1.165) is 31.1 Å². The van der Waals surface area contributed by atoms with E-state index in [9.17, 15) is 0 Å². The summed E-state index contributed by atoms with van der Waals surface area (Å²) in [7, 11) is 0. The average Bonchev–Trinajstić information content (AvgIpc) is 3.20. The Morgan fingerprint density at radius 1 is 1.42 bits per heavy atom. The van der Waals surface area contributed by atoms with Gasteiger partial charge in [0.25, 0.3) is 0 Å². The first-order valence-corrected chi connectivity index (χ1v) is 6.85. The Kier molecular flexibility index (Phi) is 3.26. The molecule has 100 valence electrons. The minimum absolute atomic E-state index is 0.309. The van der Waals surface area contributed by atoms with Crippen LogP contribution in [-0.4, -0.2) is 35.6 Å². The summed E-state index contributed by atoms with van der Waals surface area (Å²) >= 11 is 0. The molecule has 1 aromatic heterocycles. The molecule has 19 heavy (non-hydrogen) atoms. The van der Waals surface area contributed by atoms with Crippen molar-refractivity contribution in [1.29, 1.82) is 0 Å². The molecule has 0 spiro atoms. The van der Waals surface area contributed by atoms with E-state index in [2.05, 4.69) is 38.9 Å². The number of hydrogen-bond donors (Lipinski definition) is 2. The number of aromatic nitrogens is 2. The van der Waals surface area contributed by atoms with E-state index in [-0.39, 0.29) is 0 Å². The molecule has 1 aliphatic carbocycles. The molecule has 2 fully saturated rings. The molecule has 3 N–H and O–H groups in total. The van der Waals surface area contributed by atoms with Crippen LogP contribution in [0.3, 0.4) is 0 Å². The largest absolute Gasteiger partial charge is 0.368 e. The quantitative estimate of drug-likeness (QED) is 0.722. The summed E-state index contributed by atoms with van der Waals surface area (Å²) in [6.45, 7) is 5.01. The number of nitrogens with one attached hydrogen (secondary N) is 1. The Morgan fingerprint density at radius 2 is 2.26 bits per heavy atom. The Hall–Kier alpha value is -1.80. The molecule has 5 heteroatoms. The fourth-order valence-electron chi connectivity index (χ4n) is 2.22. The summed E-state index contributed by atoms with van der Waals surface area (Å²) in [6, 6.07) is 2.41. The van der Waals surface area contributed by atoms with E-state index < -0.39 is 0 Å². The van der Waals surface area contributed by atoms with Crippen LogP contribution in [0.4, 0.5) is 11.8 Å². The molecule has 0 amide bonds. The van der Waals surface area contributed by atoms with Crippen molar-refractivity contribution in [2.75, 3.05) is 30.3 Å². The van der Waals surface area contributed by atoms with E-state index >= 15 is 0 Å². The Bertz CT molecular complexity index is 526. The average molecular weight is 257 g/mol. The van der Waals surface area contributed by atoms with Crippen LogP contribution in [0.2, 0.25) is 0 Å². The van der Waals surface area contributed by atoms with Crippen molar-refractivity contribution in [3.8, 4) is 11.8 Å². The van der Waals surface area contributed by atoms with Crippen molar-refractivity contribution < 1.29 is 0 Å². The molecule has 0 aromatic carbocycles. The number of nitrogens with zero attached hydrogens (tertiary/aromatic N) is 3. The Labute approximate surface area is 113 Å². The maximum absolute atomic E-state index is 5.79. The minimum Gasteiger partial charge on any atom is -0.368 e. The van der Waals surface area contributed by atoms with Crippen LogP contribution in [0.1, 0.15) is 25.5 Å². The lowest BCUT2D eigenvalue weighted by molar-refractivity contribution is 0.482. The Balaban J connectivity index is 1.82. The first kappa shape index (κ1) is 12.2. The second-order valence-corrected chi connectivity index (χ2v) is 5.31. The van der Waals surface area contributed by atoms with Crippen LogP contribution in [0.25, 0.3) is 0 Å². The maximum atomic E-state index is 5.79. The maximum Gasteiger partial charge on any atom is 0.223 e. The van der Waals surface area contributed by atoms with Gasteiger partial charge in [-0.25, -0.2) is 4.98 Å². The Morgan fingerprint density at radius 3 is 3.00 bits per heavy atom. The molecule has 1 saturated carbocycles. The van der Waals surface area contributed by atoms with Crippen LogP contribution in [-0.2, 0) is 0 Å². The number of hydrogen-bond acceptors (Lipinski definition) is 5. The zero-order valence-corrected chi connectivity index (χ0v) is 11.2. The number of piperazine rings is 1. The molecule has 1 atom stereocenters. The number of rotatable bonds is 1. The van der Waals surface area contributed by atoms with Crippen molar-refractivity contribution in [3.63, 3.8) is 0 Å². The summed E-state index contributed by atoms with van der Waals surface area (Å²) in [6.07, 6.45) is 2.44. The van der Waals surface area contributed by atoms with Crippen LogP contribution >= 0.6 is 0 Å². The van der Waals surface area contributed by atoms with E-state index in [0.29, 0.717) is 17.9 Å². The number of nitrogen functional groups attached to an aromatic ring is 1. The van der Waals surface area contributed by atoms with E-state index in [4.69, 9.17) is 5.73 Å². The first-order chi connectivity index (χ1) is 9.20. The number of nitrogens with two attached hydrogens (primary N) is 1. The zero-order chi connectivity index (χ0) is 13.2. The van der Waals surface area contributed by atoms with Crippen molar-refractivity contribution in [1.82, 2.24) is 15.3 Å². The molecule has 1 aromatic rings. The lowest BCUT2D eigenvalue weighted by Gasteiger charge is -2.32. The molecule has 1 aliphatic heterocycles. The van der Waals surface area contributed by atoms with Gasteiger partial charge < -0.3 is 16.0 Å². The monoisotopic (exact) mass is 257 g/mol. The summed E-state index contributed by atoms with van der Waals surface area (Å²) in [5.74, 6) is 8.09. The van der Waals surface area contributed by atoms with E-state index in [1.165, 1.54) is 12.8 Å². The molecular weight excluding hydrogens is 238 g/mol. The highest BCUT2D eigenvalue weighted by Gasteiger charge is 2.19. The second-order valence-electron chi connectivity index (χ2n) is 5.31. The first-order valence-electron chi connectivity index (χ1n) is 6.85. The highest BCUT2D eigenvalue weighted by molar-refractivity contribution is 5.48.